The molecule has 0 spiro atoms. The molecule has 0 amide bonds. The topological polar surface area (TPSA) is 89.9 Å². The third-order valence-corrected chi connectivity index (χ3v) is 1.41. The van der Waals surface area contributed by atoms with E-state index in [1.165, 1.54) is 6.08 Å². The molecule has 1 heterocycles. The van der Waals surface area contributed by atoms with Crippen LogP contribution in [-0.4, -0.2) is 29.3 Å². The summed E-state index contributed by atoms with van der Waals surface area (Å²) in [4.78, 5) is 31.5. The molecule has 0 aromatic carbocycles. The van der Waals surface area contributed by atoms with Crippen LogP contribution in [0.4, 0.5) is 0 Å². The predicted octanol–water partition coefficient (Wildman–Crippen LogP) is -0.167. The van der Waals surface area contributed by atoms with Crippen LogP contribution >= 0.6 is 0 Å². The van der Waals surface area contributed by atoms with Gasteiger partial charge in [-0.25, -0.2) is 4.79 Å². The summed E-state index contributed by atoms with van der Waals surface area (Å²) >= 11 is 0. The number of rotatable bonds is 4. The van der Waals surface area contributed by atoms with Gasteiger partial charge in [0.05, 0.1) is 12.8 Å². The van der Waals surface area contributed by atoms with Crippen LogP contribution < -0.4 is 0 Å². The fourth-order valence-electron chi connectivity index (χ4n) is 0.811. The van der Waals surface area contributed by atoms with E-state index in [2.05, 4.69) is 9.47 Å². The van der Waals surface area contributed by atoms with Gasteiger partial charge < -0.3 is 14.6 Å². The van der Waals surface area contributed by atoms with Gasteiger partial charge in [-0.3, -0.25) is 9.59 Å². The van der Waals surface area contributed by atoms with Crippen molar-refractivity contribution in [2.24, 2.45) is 0 Å². The first-order chi connectivity index (χ1) is 6.58. The zero-order valence-electron chi connectivity index (χ0n) is 7.13. The maximum atomic E-state index is 10.9. The van der Waals surface area contributed by atoms with Gasteiger partial charge in [0.15, 0.2) is 0 Å². The number of carbonyl (C=O) groups excluding carboxylic acids is 2. The van der Waals surface area contributed by atoms with Crippen molar-refractivity contribution in [3.63, 3.8) is 0 Å². The summed E-state index contributed by atoms with van der Waals surface area (Å²) in [6.45, 7) is 0. The van der Waals surface area contributed by atoms with Gasteiger partial charge in [0, 0.05) is 12.2 Å². The lowest BCUT2D eigenvalue weighted by molar-refractivity contribution is -0.173. The SMILES string of the molecule is O=C(O)CCC(=O)OC1C=CC(=O)O1. The summed E-state index contributed by atoms with van der Waals surface area (Å²) in [7, 11) is 0. The molecule has 0 aromatic rings. The number of cyclic esters (lactones) is 1. The second-order valence-electron chi connectivity index (χ2n) is 2.55. The predicted molar refractivity (Wildman–Crippen MR) is 42.0 cm³/mol. The first-order valence-corrected chi connectivity index (χ1v) is 3.88. The molecule has 1 unspecified atom stereocenters. The van der Waals surface area contributed by atoms with E-state index < -0.39 is 24.2 Å². The second-order valence-corrected chi connectivity index (χ2v) is 2.55. The highest BCUT2D eigenvalue weighted by molar-refractivity contribution is 5.84. The first kappa shape index (κ1) is 10.2. The average molecular weight is 200 g/mol. The van der Waals surface area contributed by atoms with Crippen LogP contribution in [0.5, 0.6) is 0 Å². The Morgan fingerprint density at radius 3 is 2.71 bits per heavy atom. The van der Waals surface area contributed by atoms with Gasteiger partial charge in [-0.05, 0) is 0 Å². The monoisotopic (exact) mass is 200 g/mol. The molecule has 0 saturated carbocycles. The van der Waals surface area contributed by atoms with Crippen molar-refractivity contribution >= 4 is 17.9 Å². The molecule has 0 aromatic heterocycles. The molecule has 0 aliphatic carbocycles. The van der Waals surface area contributed by atoms with E-state index >= 15 is 0 Å². The van der Waals surface area contributed by atoms with Crippen LogP contribution in [0.1, 0.15) is 12.8 Å². The minimum atomic E-state index is -1.08. The highest BCUT2D eigenvalue weighted by Crippen LogP contribution is 2.08. The molecule has 76 valence electrons. The average Bonchev–Trinajstić information content (AvgIpc) is 2.48. The van der Waals surface area contributed by atoms with Crippen LogP contribution in [0.15, 0.2) is 12.2 Å². The third kappa shape index (κ3) is 3.26. The summed E-state index contributed by atoms with van der Waals surface area (Å²) in [6, 6.07) is 0. The summed E-state index contributed by atoms with van der Waals surface area (Å²) in [5.41, 5.74) is 0. The molecular formula is C8H8O6. The van der Waals surface area contributed by atoms with Crippen molar-refractivity contribution < 1.29 is 29.0 Å². The van der Waals surface area contributed by atoms with Crippen LogP contribution in [0.3, 0.4) is 0 Å². The van der Waals surface area contributed by atoms with Crippen molar-refractivity contribution in [2.75, 3.05) is 0 Å². The van der Waals surface area contributed by atoms with Gasteiger partial charge in [0.2, 0.25) is 0 Å². The van der Waals surface area contributed by atoms with Crippen molar-refractivity contribution in [3.8, 4) is 0 Å². The zero-order chi connectivity index (χ0) is 10.6. The van der Waals surface area contributed by atoms with Crippen molar-refractivity contribution in [3.05, 3.63) is 12.2 Å². The van der Waals surface area contributed by atoms with E-state index in [-0.39, 0.29) is 12.8 Å². The number of ether oxygens (including phenoxy) is 2. The zero-order valence-corrected chi connectivity index (χ0v) is 7.13. The summed E-state index contributed by atoms with van der Waals surface area (Å²) < 4.78 is 9.10. The second kappa shape index (κ2) is 4.40. The normalized spacial score (nSPS) is 19.1. The molecule has 1 N–H and O–H groups in total. The van der Waals surface area contributed by atoms with E-state index in [4.69, 9.17) is 5.11 Å². The molecule has 1 aliphatic rings. The molecule has 0 fully saturated rings. The highest BCUT2D eigenvalue weighted by atomic mass is 16.7. The molecule has 0 saturated heterocycles. The van der Waals surface area contributed by atoms with Gasteiger partial charge >= 0.3 is 17.9 Å². The number of aliphatic carboxylic acids is 1. The third-order valence-electron chi connectivity index (χ3n) is 1.41. The number of carboxylic acids is 1. The summed E-state index contributed by atoms with van der Waals surface area (Å²) in [6.07, 6.45) is 0.861. The Hall–Kier alpha value is -1.85. The maximum absolute atomic E-state index is 10.9. The molecule has 1 atom stereocenters. The summed E-state index contributed by atoms with van der Waals surface area (Å²) in [5.74, 6) is -2.38. The van der Waals surface area contributed by atoms with Gasteiger partial charge in [-0.1, -0.05) is 0 Å². The largest absolute Gasteiger partial charge is 0.481 e. The molecule has 1 aliphatic heterocycles. The Kier molecular flexibility index (Phi) is 3.22. The highest BCUT2D eigenvalue weighted by Gasteiger charge is 2.20. The molecule has 0 bridgehead atoms. The van der Waals surface area contributed by atoms with Gasteiger partial charge in [-0.2, -0.15) is 0 Å². The number of hydrogen-bond acceptors (Lipinski definition) is 5. The van der Waals surface area contributed by atoms with Crippen molar-refractivity contribution in [1.29, 1.82) is 0 Å². The number of carbonyl (C=O) groups is 3. The molecular weight excluding hydrogens is 192 g/mol. The van der Waals surface area contributed by atoms with E-state index in [1.54, 1.807) is 0 Å². The van der Waals surface area contributed by atoms with Crippen LogP contribution in [0.25, 0.3) is 0 Å². The van der Waals surface area contributed by atoms with Gasteiger partial charge in [-0.15, -0.1) is 0 Å². The number of carboxylic acid groups (broad SMARTS) is 1. The lowest BCUT2D eigenvalue weighted by Crippen LogP contribution is -2.18. The Morgan fingerprint density at radius 1 is 1.50 bits per heavy atom. The quantitative estimate of drug-likeness (QED) is 0.634. The van der Waals surface area contributed by atoms with E-state index in [1.807, 2.05) is 0 Å². The Morgan fingerprint density at radius 2 is 2.21 bits per heavy atom. The van der Waals surface area contributed by atoms with Crippen LogP contribution in [0, 0.1) is 0 Å². The Bertz CT molecular complexity index is 292. The lowest BCUT2D eigenvalue weighted by atomic mass is 10.3. The lowest BCUT2D eigenvalue weighted by Gasteiger charge is -2.08. The Labute approximate surface area is 79.1 Å². The molecule has 6 nitrogen and oxygen atoms in total. The van der Waals surface area contributed by atoms with Crippen molar-refractivity contribution in [1.82, 2.24) is 0 Å². The van der Waals surface area contributed by atoms with Crippen LogP contribution in [-0.2, 0) is 23.9 Å². The van der Waals surface area contributed by atoms with Crippen LogP contribution in [0.2, 0.25) is 0 Å². The molecule has 14 heavy (non-hydrogen) atoms. The van der Waals surface area contributed by atoms with E-state index in [9.17, 15) is 14.4 Å². The maximum Gasteiger partial charge on any atom is 0.334 e. The van der Waals surface area contributed by atoms with E-state index in [0.717, 1.165) is 6.08 Å². The number of hydrogen-bond donors (Lipinski definition) is 1. The standard InChI is InChI=1S/C8H8O6/c9-5(10)1-2-6(11)13-8-4-3-7(12)14-8/h3-4,8H,1-2H2,(H,9,10). The summed E-state index contributed by atoms with van der Waals surface area (Å²) in [5, 5.41) is 8.26. The Balaban J connectivity index is 2.24. The minimum absolute atomic E-state index is 0.239. The fraction of sp³-hybridized carbons (Fsp3) is 0.375. The minimum Gasteiger partial charge on any atom is -0.481 e. The van der Waals surface area contributed by atoms with Gasteiger partial charge in [0.1, 0.15) is 0 Å². The first-order valence-electron chi connectivity index (χ1n) is 3.88. The smallest absolute Gasteiger partial charge is 0.334 e. The van der Waals surface area contributed by atoms with Gasteiger partial charge in [0.25, 0.3) is 6.29 Å². The molecule has 1 rings (SSSR count). The van der Waals surface area contributed by atoms with E-state index in [0.29, 0.717) is 0 Å². The molecule has 6 heteroatoms. The fourth-order valence-corrected chi connectivity index (χ4v) is 0.811. The number of esters is 2. The molecule has 0 radical (unpaired) electrons. The van der Waals surface area contributed by atoms with Crippen molar-refractivity contribution in [2.45, 2.75) is 19.1 Å².